The summed E-state index contributed by atoms with van der Waals surface area (Å²) in [5, 5.41) is 0. The van der Waals surface area contributed by atoms with E-state index in [0.717, 1.165) is 44.1 Å². The minimum absolute atomic E-state index is 0.183. The van der Waals surface area contributed by atoms with E-state index in [9.17, 15) is 4.39 Å². The zero-order chi connectivity index (χ0) is 13.2. The molecule has 0 aliphatic rings. The molecular formula is C14H23FO2Si. The van der Waals surface area contributed by atoms with Gasteiger partial charge in [-0.1, -0.05) is 26.0 Å². The van der Waals surface area contributed by atoms with Crippen molar-refractivity contribution >= 4 is 9.28 Å². The van der Waals surface area contributed by atoms with Gasteiger partial charge in [-0.25, -0.2) is 4.39 Å². The van der Waals surface area contributed by atoms with Crippen LogP contribution in [-0.2, 0) is 15.3 Å². The van der Waals surface area contributed by atoms with Gasteiger partial charge in [-0.15, -0.1) is 0 Å². The SMILES string of the molecule is CCCO[SiH](CCc1ccc(F)cc1)OCCC. The first kappa shape index (κ1) is 15.3. The summed E-state index contributed by atoms with van der Waals surface area (Å²) in [5.74, 6) is -0.183. The summed E-state index contributed by atoms with van der Waals surface area (Å²) in [6.07, 6.45) is 2.95. The Morgan fingerprint density at radius 2 is 1.56 bits per heavy atom. The monoisotopic (exact) mass is 270 g/mol. The zero-order valence-electron chi connectivity index (χ0n) is 11.3. The Labute approximate surface area is 111 Å². The van der Waals surface area contributed by atoms with E-state index in [1.54, 1.807) is 0 Å². The lowest BCUT2D eigenvalue weighted by atomic mass is 10.2. The molecule has 0 radical (unpaired) electrons. The zero-order valence-corrected chi connectivity index (χ0v) is 12.5. The lowest BCUT2D eigenvalue weighted by Crippen LogP contribution is -2.24. The first-order valence-electron chi connectivity index (χ1n) is 6.74. The summed E-state index contributed by atoms with van der Waals surface area (Å²) in [5.41, 5.74) is 1.15. The fourth-order valence-electron chi connectivity index (χ4n) is 1.65. The van der Waals surface area contributed by atoms with Crippen molar-refractivity contribution in [2.45, 2.75) is 39.2 Å². The van der Waals surface area contributed by atoms with Gasteiger partial charge in [0.25, 0.3) is 0 Å². The third-order valence-electron chi connectivity index (χ3n) is 2.60. The predicted octanol–water partition coefficient (Wildman–Crippen LogP) is 3.44. The highest BCUT2D eigenvalue weighted by atomic mass is 28.3. The van der Waals surface area contributed by atoms with Gasteiger partial charge >= 0.3 is 9.28 Å². The van der Waals surface area contributed by atoms with Gasteiger partial charge in [-0.3, -0.25) is 0 Å². The Kier molecular flexibility index (Phi) is 7.88. The number of hydrogen-bond acceptors (Lipinski definition) is 2. The molecule has 102 valence electrons. The summed E-state index contributed by atoms with van der Waals surface area (Å²) < 4.78 is 24.3. The molecule has 0 aliphatic heterocycles. The van der Waals surface area contributed by atoms with Gasteiger partial charge in [-0.05, 0) is 43.0 Å². The van der Waals surface area contributed by atoms with Gasteiger partial charge in [-0.2, -0.15) is 0 Å². The Bertz CT molecular complexity index is 308. The lowest BCUT2D eigenvalue weighted by molar-refractivity contribution is 0.196. The van der Waals surface area contributed by atoms with Crippen LogP contribution < -0.4 is 0 Å². The summed E-state index contributed by atoms with van der Waals surface area (Å²) in [6, 6.07) is 7.63. The molecule has 0 N–H and O–H groups in total. The van der Waals surface area contributed by atoms with Crippen molar-refractivity contribution in [3.05, 3.63) is 35.6 Å². The average Bonchev–Trinajstić information content (AvgIpc) is 2.40. The number of aryl methyl sites for hydroxylation is 1. The van der Waals surface area contributed by atoms with Gasteiger partial charge < -0.3 is 8.85 Å². The van der Waals surface area contributed by atoms with E-state index in [-0.39, 0.29) is 5.82 Å². The molecule has 0 saturated heterocycles. The second-order valence-electron chi connectivity index (χ2n) is 4.34. The van der Waals surface area contributed by atoms with Crippen LogP contribution in [0.4, 0.5) is 4.39 Å². The molecule has 4 heteroatoms. The number of hydrogen-bond donors (Lipinski definition) is 0. The molecule has 0 heterocycles. The van der Waals surface area contributed by atoms with E-state index in [1.165, 1.54) is 12.1 Å². The highest BCUT2D eigenvalue weighted by Gasteiger charge is 2.12. The molecule has 0 saturated carbocycles. The van der Waals surface area contributed by atoms with Crippen LogP contribution in [0.5, 0.6) is 0 Å². The van der Waals surface area contributed by atoms with Gasteiger partial charge in [0, 0.05) is 13.2 Å². The van der Waals surface area contributed by atoms with Crippen molar-refractivity contribution in [2.75, 3.05) is 13.2 Å². The summed E-state index contributed by atoms with van der Waals surface area (Å²) in [6.45, 7) is 5.77. The molecule has 0 unspecified atom stereocenters. The minimum Gasteiger partial charge on any atom is -0.397 e. The van der Waals surface area contributed by atoms with E-state index < -0.39 is 9.28 Å². The average molecular weight is 270 g/mol. The maximum Gasteiger partial charge on any atom is 0.321 e. The van der Waals surface area contributed by atoms with E-state index in [2.05, 4.69) is 13.8 Å². The van der Waals surface area contributed by atoms with E-state index in [0.29, 0.717) is 0 Å². The second kappa shape index (κ2) is 9.25. The molecule has 0 bridgehead atoms. The molecule has 1 rings (SSSR count). The third-order valence-corrected chi connectivity index (χ3v) is 4.57. The normalized spacial score (nSPS) is 11.1. The standard InChI is InChI=1S/C14H23FO2Si/c1-3-10-16-18(17-11-4-2)12-9-13-5-7-14(15)8-6-13/h5-8,18H,3-4,9-12H2,1-2H3. The summed E-state index contributed by atoms with van der Waals surface area (Å²) in [7, 11) is -1.54. The molecule has 0 spiro atoms. The molecule has 18 heavy (non-hydrogen) atoms. The second-order valence-corrected chi connectivity index (χ2v) is 6.44. The third kappa shape index (κ3) is 6.28. The molecule has 0 aliphatic carbocycles. The fourth-order valence-corrected chi connectivity index (χ4v) is 3.64. The lowest BCUT2D eigenvalue weighted by Gasteiger charge is -2.16. The van der Waals surface area contributed by atoms with Gasteiger partial charge in [0.2, 0.25) is 0 Å². The number of rotatable bonds is 9. The van der Waals surface area contributed by atoms with Gasteiger partial charge in [0.15, 0.2) is 0 Å². The van der Waals surface area contributed by atoms with E-state index in [4.69, 9.17) is 8.85 Å². The Morgan fingerprint density at radius 3 is 2.06 bits per heavy atom. The van der Waals surface area contributed by atoms with E-state index in [1.807, 2.05) is 12.1 Å². The maximum absolute atomic E-state index is 12.8. The first-order valence-corrected chi connectivity index (χ1v) is 8.49. The first-order chi connectivity index (χ1) is 8.76. The maximum atomic E-state index is 12.8. The topological polar surface area (TPSA) is 18.5 Å². The van der Waals surface area contributed by atoms with Gasteiger partial charge in [0.05, 0.1) is 0 Å². The molecule has 1 aromatic carbocycles. The minimum atomic E-state index is -1.54. The molecule has 0 aromatic heterocycles. The number of halogens is 1. The Morgan fingerprint density at radius 1 is 1.00 bits per heavy atom. The largest absolute Gasteiger partial charge is 0.397 e. The van der Waals surface area contributed by atoms with E-state index >= 15 is 0 Å². The van der Waals surface area contributed by atoms with Crippen molar-refractivity contribution in [1.29, 1.82) is 0 Å². The molecule has 0 fully saturated rings. The molecule has 0 amide bonds. The highest BCUT2D eigenvalue weighted by Crippen LogP contribution is 2.09. The van der Waals surface area contributed by atoms with Crippen LogP contribution in [0.2, 0.25) is 6.04 Å². The van der Waals surface area contributed by atoms with Crippen LogP contribution in [0, 0.1) is 5.82 Å². The molecule has 2 nitrogen and oxygen atoms in total. The highest BCUT2D eigenvalue weighted by molar-refractivity contribution is 6.44. The smallest absolute Gasteiger partial charge is 0.321 e. The van der Waals surface area contributed by atoms with Crippen LogP contribution >= 0.6 is 0 Å². The Hall–Kier alpha value is -0.713. The molecular weight excluding hydrogens is 247 g/mol. The van der Waals surface area contributed by atoms with Crippen molar-refractivity contribution in [2.24, 2.45) is 0 Å². The molecule has 1 aromatic rings. The van der Waals surface area contributed by atoms with Crippen LogP contribution in [0.15, 0.2) is 24.3 Å². The van der Waals surface area contributed by atoms with Crippen LogP contribution in [-0.4, -0.2) is 22.5 Å². The van der Waals surface area contributed by atoms with Crippen molar-refractivity contribution in [3.63, 3.8) is 0 Å². The van der Waals surface area contributed by atoms with Crippen LogP contribution in [0.3, 0.4) is 0 Å². The fraction of sp³-hybridized carbons (Fsp3) is 0.571. The van der Waals surface area contributed by atoms with Crippen molar-refractivity contribution < 1.29 is 13.2 Å². The molecule has 0 atom stereocenters. The van der Waals surface area contributed by atoms with Crippen molar-refractivity contribution in [3.8, 4) is 0 Å². The summed E-state index contributed by atoms with van der Waals surface area (Å²) >= 11 is 0. The number of benzene rings is 1. The van der Waals surface area contributed by atoms with Crippen molar-refractivity contribution in [1.82, 2.24) is 0 Å². The van der Waals surface area contributed by atoms with Gasteiger partial charge in [0.1, 0.15) is 5.82 Å². The summed E-state index contributed by atoms with van der Waals surface area (Å²) in [4.78, 5) is 0. The Balaban J connectivity index is 2.37. The van der Waals surface area contributed by atoms with Crippen LogP contribution in [0.25, 0.3) is 0 Å². The van der Waals surface area contributed by atoms with Crippen LogP contribution in [0.1, 0.15) is 32.3 Å². The predicted molar refractivity (Wildman–Crippen MR) is 74.5 cm³/mol. The quantitative estimate of drug-likeness (QED) is 0.640.